The molecule has 0 aromatic carbocycles. The lowest BCUT2D eigenvalue weighted by Gasteiger charge is -2.26. The van der Waals surface area contributed by atoms with Crippen molar-refractivity contribution in [3.05, 3.63) is 0 Å². The van der Waals surface area contributed by atoms with E-state index in [1.807, 2.05) is 0 Å². The summed E-state index contributed by atoms with van der Waals surface area (Å²) in [5.74, 6) is -0.391. The lowest BCUT2D eigenvalue weighted by molar-refractivity contribution is -0.174. The summed E-state index contributed by atoms with van der Waals surface area (Å²) in [6, 6.07) is 0. The Hall–Kier alpha value is -0.710. The Kier molecular flexibility index (Phi) is 4.25. The summed E-state index contributed by atoms with van der Waals surface area (Å²) in [6.45, 7) is -2.71. The average molecular weight is 208 g/mol. The monoisotopic (exact) mass is 208 g/mol. The lowest BCUT2D eigenvalue weighted by atomic mass is 9.87. The van der Waals surface area contributed by atoms with Gasteiger partial charge in [-0.05, 0) is 25.7 Å². The Labute approximate surface area is 81.4 Å². The summed E-state index contributed by atoms with van der Waals surface area (Å²) >= 11 is 0. The molecule has 14 heavy (non-hydrogen) atoms. The van der Waals surface area contributed by atoms with Crippen LogP contribution in [0.2, 0.25) is 0 Å². The van der Waals surface area contributed by atoms with Gasteiger partial charge in [-0.3, -0.25) is 4.79 Å². The van der Waals surface area contributed by atoms with Gasteiger partial charge in [-0.1, -0.05) is 0 Å². The van der Waals surface area contributed by atoms with Gasteiger partial charge in [-0.25, -0.2) is 0 Å². The topological polar surface area (TPSA) is 35.5 Å². The van der Waals surface area contributed by atoms with Crippen molar-refractivity contribution < 1.29 is 23.0 Å². The second kappa shape index (κ2) is 5.24. The van der Waals surface area contributed by atoms with Crippen molar-refractivity contribution in [2.75, 3.05) is 7.11 Å². The summed E-state index contributed by atoms with van der Waals surface area (Å²) in [5, 5.41) is 0. The van der Waals surface area contributed by atoms with E-state index >= 15 is 0 Å². The van der Waals surface area contributed by atoms with Gasteiger partial charge < -0.3 is 9.47 Å². The van der Waals surface area contributed by atoms with Gasteiger partial charge in [0.2, 0.25) is 0 Å². The van der Waals surface area contributed by atoms with Crippen molar-refractivity contribution in [2.45, 2.75) is 38.4 Å². The van der Waals surface area contributed by atoms with Crippen molar-refractivity contribution in [3.8, 4) is 0 Å². The van der Waals surface area contributed by atoms with Gasteiger partial charge in [0.15, 0.2) is 0 Å². The molecule has 0 amide bonds. The fourth-order valence-corrected chi connectivity index (χ4v) is 1.75. The van der Waals surface area contributed by atoms with Crippen LogP contribution in [0.4, 0.5) is 8.78 Å². The molecule has 5 heteroatoms. The Balaban J connectivity index is 2.27. The highest BCUT2D eigenvalue weighted by Crippen LogP contribution is 2.27. The SMILES string of the molecule is COC(=O)[C@H]1CC[C@H](OC(F)F)CC1. The smallest absolute Gasteiger partial charge is 0.345 e. The second-order valence-electron chi connectivity index (χ2n) is 3.39. The standard InChI is InChI=1S/C9H14F2O3/c1-13-8(12)6-2-4-7(5-3-6)14-9(10)11/h6-7,9H,2-5H2,1H3/t6-,7-. The molecule has 0 heterocycles. The van der Waals surface area contributed by atoms with Crippen molar-refractivity contribution in [2.24, 2.45) is 5.92 Å². The van der Waals surface area contributed by atoms with Gasteiger partial charge >= 0.3 is 12.6 Å². The van der Waals surface area contributed by atoms with Crippen LogP contribution < -0.4 is 0 Å². The van der Waals surface area contributed by atoms with E-state index in [1.54, 1.807) is 0 Å². The molecule has 82 valence electrons. The zero-order valence-electron chi connectivity index (χ0n) is 8.04. The van der Waals surface area contributed by atoms with Gasteiger partial charge in [0.1, 0.15) is 0 Å². The zero-order valence-corrected chi connectivity index (χ0v) is 8.04. The first-order chi connectivity index (χ1) is 6.63. The van der Waals surface area contributed by atoms with Gasteiger partial charge in [0.05, 0.1) is 19.1 Å². The van der Waals surface area contributed by atoms with E-state index in [-0.39, 0.29) is 11.9 Å². The minimum Gasteiger partial charge on any atom is -0.469 e. The molecule has 1 fully saturated rings. The number of methoxy groups -OCH3 is 1. The predicted octanol–water partition coefficient (Wildman–Crippen LogP) is 1.96. The number of halogens is 2. The lowest BCUT2D eigenvalue weighted by Crippen LogP contribution is -2.28. The largest absolute Gasteiger partial charge is 0.469 e. The van der Waals surface area contributed by atoms with E-state index in [0.717, 1.165) is 0 Å². The molecule has 0 aromatic heterocycles. The van der Waals surface area contributed by atoms with Crippen LogP contribution in [-0.2, 0) is 14.3 Å². The average Bonchev–Trinajstić information content (AvgIpc) is 2.17. The number of carbonyl (C=O) groups is 1. The Morgan fingerprint density at radius 1 is 1.29 bits per heavy atom. The number of carbonyl (C=O) groups excluding carboxylic acids is 1. The molecule has 0 aliphatic heterocycles. The van der Waals surface area contributed by atoms with Crippen molar-refractivity contribution >= 4 is 5.97 Å². The van der Waals surface area contributed by atoms with Gasteiger partial charge in [-0.2, -0.15) is 8.78 Å². The molecule has 0 spiro atoms. The van der Waals surface area contributed by atoms with Crippen LogP contribution in [0, 0.1) is 5.92 Å². The van der Waals surface area contributed by atoms with Gasteiger partial charge in [-0.15, -0.1) is 0 Å². The maximum Gasteiger partial charge on any atom is 0.345 e. The van der Waals surface area contributed by atoms with Crippen LogP contribution in [0.3, 0.4) is 0 Å². The van der Waals surface area contributed by atoms with Crippen molar-refractivity contribution in [1.29, 1.82) is 0 Å². The van der Waals surface area contributed by atoms with Crippen LogP contribution in [-0.4, -0.2) is 25.8 Å². The third-order valence-corrected chi connectivity index (χ3v) is 2.50. The summed E-state index contributed by atoms with van der Waals surface area (Å²) in [5.41, 5.74) is 0. The number of esters is 1. The highest BCUT2D eigenvalue weighted by molar-refractivity contribution is 5.72. The summed E-state index contributed by atoms with van der Waals surface area (Å²) in [4.78, 5) is 11.1. The van der Waals surface area contributed by atoms with Crippen LogP contribution in [0.1, 0.15) is 25.7 Å². The first-order valence-corrected chi connectivity index (χ1v) is 4.65. The molecule has 1 rings (SSSR count). The Morgan fingerprint density at radius 2 is 1.86 bits per heavy atom. The molecule has 0 bridgehead atoms. The highest BCUT2D eigenvalue weighted by Gasteiger charge is 2.28. The maximum atomic E-state index is 11.8. The molecule has 0 aromatic rings. The Bertz CT molecular complexity index is 188. The normalized spacial score (nSPS) is 27.7. The minimum absolute atomic E-state index is 0.141. The summed E-state index contributed by atoms with van der Waals surface area (Å²) < 4.78 is 32.6. The van der Waals surface area contributed by atoms with E-state index in [0.29, 0.717) is 25.7 Å². The molecular weight excluding hydrogens is 194 g/mol. The highest BCUT2D eigenvalue weighted by atomic mass is 19.3. The van der Waals surface area contributed by atoms with E-state index in [4.69, 9.17) is 0 Å². The fraction of sp³-hybridized carbons (Fsp3) is 0.889. The number of alkyl halides is 2. The molecule has 1 aliphatic rings. The van der Waals surface area contributed by atoms with E-state index in [1.165, 1.54) is 7.11 Å². The van der Waals surface area contributed by atoms with Crippen LogP contribution in [0.25, 0.3) is 0 Å². The Morgan fingerprint density at radius 3 is 2.29 bits per heavy atom. The van der Waals surface area contributed by atoms with E-state index in [9.17, 15) is 13.6 Å². The number of hydrogen-bond donors (Lipinski definition) is 0. The first kappa shape index (κ1) is 11.4. The second-order valence-corrected chi connectivity index (χ2v) is 3.39. The summed E-state index contributed by atoms with van der Waals surface area (Å²) in [7, 11) is 1.34. The molecule has 1 aliphatic carbocycles. The molecule has 3 nitrogen and oxygen atoms in total. The zero-order chi connectivity index (χ0) is 10.6. The quantitative estimate of drug-likeness (QED) is 0.665. The predicted molar refractivity (Wildman–Crippen MR) is 44.9 cm³/mol. The number of rotatable bonds is 3. The van der Waals surface area contributed by atoms with Crippen molar-refractivity contribution in [1.82, 2.24) is 0 Å². The van der Waals surface area contributed by atoms with Crippen LogP contribution in [0.15, 0.2) is 0 Å². The van der Waals surface area contributed by atoms with Crippen LogP contribution in [0.5, 0.6) is 0 Å². The molecule has 1 saturated carbocycles. The summed E-state index contributed by atoms with van der Waals surface area (Å²) in [6.07, 6.45) is 1.75. The number of ether oxygens (including phenoxy) is 2. The molecule has 0 unspecified atom stereocenters. The molecule has 0 atom stereocenters. The van der Waals surface area contributed by atoms with Gasteiger partial charge in [0, 0.05) is 0 Å². The minimum atomic E-state index is -2.71. The van der Waals surface area contributed by atoms with E-state index < -0.39 is 12.7 Å². The van der Waals surface area contributed by atoms with E-state index in [2.05, 4.69) is 9.47 Å². The number of hydrogen-bond acceptors (Lipinski definition) is 3. The molecular formula is C9H14F2O3. The molecule has 0 N–H and O–H groups in total. The third kappa shape index (κ3) is 3.21. The fourth-order valence-electron chi connectivity index (χ4n) is 1.75. The maximum absolute atomic E-state index is 11.8. The van der Waals surface area contributed by atoms with Gasteiger partial charge in [0.25, 0.3) is 0 Å². The molecule has 0 radical (unpaired) electrons. The van der Waals surface area contributed by atoms with Crippen LogP contribution >= 0.6 is 0 Å². The van der Waals surface area contributed by atoms with Crippen molar-refractivity contribution in [3.63, 3.8) is 0 Å². The third-order valence-electron chi connectivity index (χ3n) is 2.50. The molecule has 0 saturated heterocycles. The first-order valence-electron chi connectivity index (χ1n) is 4.65.